The molecule has 1 aromatic carbocycles. The Balaban J connectivity index is 2.22. The van der Waals surface area contributed by atoms with Crippen LogP contribution in [0.1, 0.15) is 29.4 Å². The third-order valence-electron chi connectivity index (χ3n) is 4.54. The molecule has 0 aromatic heterocycles. The van der Waals surface area contributed by atoms with Crippen LogP contribution in [-0.2, 0) is 0 Å². The molecule has 0 amide bonds. The summed E-state index contributed by atoms with van der Waals surface area (Å²) in [5.74, 6) is 3.06. The summed E-state index contributed by atoms with van der Waals surface area (Å²) in [6.45, 7) is 0. The maximum absolute atomic E-state index is 5.64. The molecule has 2 aliphatic rings. The first-order chi connectivity index (χ1) is 9.40. The zero-order valence-electron chi connectivity index (χ0n) is 12.7. The monoisotopic (exact) mass is 444 g/mol. The molecule has 0 aliphatic heterocycles. The first kappa shape index (κ1) is 14.8. The van der Waals surface area contributed by atoms with E-state index in [1.165, 1.54) is 22.0 Å². The Bertz CT molecular complexity index is 601. The van der Waals surface area contributed by atoms with Gasteiger partial charge in [-0.3, -0.25) is 0 Å². The van der Waals surface area contributed by atoms with E-state index in [9.17, 15) is 0 Å². The van der Waals surface area contributed by atoms with E-state index >= 15 is 0 Å². The molecule has 20 heavy (non-hydrogen) atoms. The molecule has 4 heteroatoms. The van der Waals surface area contributed by atoms with Gasteiger partial charge in [-0.25, -0.2) is 0 Å². The van der Waals surface area contributed by atoms with Crippen molar-refractivity contribution in [3.05, 3.63) is 31.3 Å². The van der Waals surface area contributed by atoms with Crippen LogP contribution in [0.25, 0.3) is 0 Å². The van der Waals surface area contributed by atoms with Gasteiger partial charge in [-0.15, -0.1) is 0 Å². The van der Waals surface area contributed by atoms with Gasteiger partial charge >= 0.3 is 134 Å². The number of rotatable bonds is 3. The van der Waals surface area contributed by atoms with E-state index in [1.807, 2.05) is 6.07 Å². The average molecular weight is 444 g/mol. The third kappa shape index (κ3) is 1.96. The summed E-state index contributed by atoms with van der Waals surface area (Å²) in [5.41, 5.74) is 2.74. The van der Waals surface area contributed by atoms with E-state index in [4.69, 9.17) is 9.47 Å². The molecular formula is C16H21BrO2Sn. The Labute approximate surface area is 133 Å². The van der Waals surface area contributed by atoms with Gasteiger partial charge in [0.05, 0.1) is 0 Å². The van der Waals surface area contributed by atoms with Crippen molar-refractivity contribution < 1.29 is 9.47 Å². The second-order valence-electron chi connectivity index (χ2n) is 6.65. The summed E-state index contributed by atoms with van der Waals surface area (Å²) in [6.07, 6.45) is 1.19. The van der Waals surface area contributed by atoms with Gasteiger partial charge in [0.15, 0.2) is 0 Å². The number of hydrogen-bond acceptors (Lipinski definition) is 2. The average Bonchev–Trinajstić information content (AvgIpc) is 2.92. The minimum atomic E-state index is -2.11. The number of methoxy groups -OCH3 is 2. The number of allylic oxidation sites excluding steroid dienone is 2. The molecule has 0 N–H and O–H groups in total. The number of fused-ring (bicyclic) bond motifs is 5. The Morgan fingerprint density at radius 1 is 1.00 bits per heavy atom. The fourth-order valence-corrected chi connectivity index (χ4v) is 14.8. The molecule has 2 bridgehead atoms. The molecule has 0 saturated heterocycles. The van der Waals surface area contributed by atoms with Crippen LogP contribution in [0.15, 0.2) is 20.2 Å². The summed E-state index contributed by atoms with van der Waals surface area (Å²) in [4.78, 5) is 7.49. The second kappa shape index (κ2) is 4.94. The van der Waals surface area contributed by atoms with E-state index in [-0.39, 0.29) is 0 Å². The zero-order valence-corrected chi connectivity index (χ0v) is 17.2. The van der Waals surface area contributed by atoms with Gasteiger partial charge < -0.3 is 0 Å². The molecule has 1 aromatic rings. The Kier molecular flexibility index (Phi) is 3.65. The Morgan fingerprint density at radius 3 is 1.95 bits per heavy atom. The zero-order chi connectivity index (χ0) is 14.7. The maximum atomic E-state index is 5.64. The van der Waals surface area contributed by atoms with Gasteiger partial charge in [-0.1, -0.05) is 0 Å². The van der Waals surface area contributed by atoms with Crippen molar-refractivity contribution >= 4 is 34.3 Å². The van der Waals surface area contributed by atoms with E-state index < -0.39 is 18.4 Å². The van der Waals surface area contributed by atoms with Gasteiger partial charge in [0, 0.05) is 0 Å². The predicted molar refractivity (Wildman–Crippen MR) is 88.9 cm³/mol. The van der Waals surface area contributed by atoms with Crippen molar-refractivity contribution in [1.82, 2.24) is 0 Å². The fourth-order valence-electron chi connectivity index (χ4n) is 3.87. The van der Waals surface area contributed by atoms with Crippen LogP contribution in [0.5, 0.6) is 11.5 Å². The topological polar surface area (TPSA) is 18.5 Å². The van der Waals surface area contributed by atoms with E-state index in [2.05, 4.69) is 36.8 Å². The van der Waals surface area contributed by atoms with Crippen LogP contribution in [0, 0.1) is 0 Å². The van der Waals surface area contributed by atoms with Crippen LogP contribution in [0.2, 0.25) is 14.8 Å². The molecule has 0 radical (unpaired) electrons. The number of benzene rings is 1. The van der Waals surface area contributed by atoms with Crippen molar-refractivity contribution in [3.63, 3.8) is 0 Å². The summed E-state index contributed by atoms with van der Waals surface area (Å²) in [7, 11) is 3.53. The minimum absolute atomic E-state index is 0.478. The van der Waals surface area contributed by atoms with E-state index in [0.29, 0.717) is 11.8 Å². The van der Waals surface area contributed by atoms with Crippen LogP contribution < -0.4 is 9.47 Å². The first-order valence-electron chi connectivity index (χ1n) is 7.05. The van der Waals surface area contributed by atoms with Crippen LogP contribution in [-0.4, -0.2) is 32.6 Å². The van der Waals surface area contributed by atoms with Crippen molar-refractivity contribution in [3.8, 4) is 11.5 Å². The first-order valence-corrected chi connectivity index (χ1v) is 17.8. The van der Waals surface area contributed by atoms with Crippen molar-refractivity contribution in [2.45, 2.75) is 33.1 Å². The molecule has 108 valence electrons. The fraction of sp³-hybridized carbons (Fsp3) is 0.500. The summed E-state index contributed by atoms with van der Waals surface area (Å²) in [5, 5.41) is 0. The van der Waals surface area contributed by atoms with Crippen LogP contribution in [0.3, 0.4) is 0 Å². The van der Waals surface area contributed by atoms with Crippen molar-refractivity contribution in [1.29, 1.82) is 0 Å². The number of ether oxygens (including phenoxy) is 2. The van der Waals surface area contributed by atoms with Gasteiger partial charge in [-0.2, -0.15) is 0 Å². The molecular weight excluding hydrogens is 423 g/mol. The quantitative estimate of drug-likeness (QED) is 0.624. The van der Waals surface area contributed by atoms with Crippen molar-refractivity contribution in [2.75, 3.05) is 14.2 Å². The number of hydrogen-bond donors (Lipinski definition) is 0. The van der Waals surface area contributed by atoms with Crippen LogP contribution >= 0.6 is 15.9 Å². The Morgan fingerprint density at radius 2 is 1.50 bits per heavy atom. The SMILES string of the molecule is COc1ccc(OC)c2c1[C@@H]1C[C@H]2[C]([Sn]([CH3])([CH3])[CH3])=C1Br. The van der Waals surface area contributed by atoms with Crippen LogP contribution in [0.4, 0.5) is 0 Å². The normalized spacial score (nSPS) is 24.1. The molecule has 0 spiro atoms. The Hall–Kier alpha value is -0.161. The van der Waals surface area contributed by atoms with Crippen molar-refractivity contribution in [2.24, 2.45) is 0 Å². The van der Waals surface area contributed by atoms with Gasteiger partial charge in [0.1, 0.15) is 0 Å². The van der Waals surface area contributed by atoms with E-state index in [1.54, 1.807) is 17.8 Å². The molecule has 0 saturated carbocycles. The molecule has 2 nitrogen and oxygen atoms in total. The molecule has 2 atom stereocenters. The summed E-state index contributed by atoms with van der Waals surface area (Å²) >= 11 is 1.81. The van der Waals surface area contributed by atoms with E-state index in [0.717, 1.165) is 11.5 Å². The molecule has 0 fully saturated rings. The predicted octanol–water partition coefficient (Wildman–Crippen LogP) is 4.81. The third-order valence-corrected chi connectivity index (χ3v) is 12.9. The molecule has 2 aliphatic carbocycles. The molecule has 0 unspecified atom stereocenters. The second-order valence-corrected chi connectivity index (χ2v) is 21.9. The summed E-state index contributed by atoms with van der Waals surface area (Å²) in [6, 6.07) is 4.10. The van der Waals surface area contributed by atoms with Gasteiger partial charge in [0.2, 0.25) is 0 Å². The van der Waals surface area contributed by atoms with Gasteiger partial charge in [-0.05, 0) is 0 Å². The molecule has 0 heterocycles. The number of halogens is 1. The summed E-state index contributed by atoms with van der Waals surface area (Å²) < 4.78 is 14.4. The molecule has 3 rings (SSSR count). The van der Waals surface area contributed by atoms with Gasteiger partial charge in [0.25, 0.3) is 0 Å². The standard InChI is InChI=1S/C13H12BrO2.3CH3.Sn/c1-15-10-3-4-11(16-2)13-8-5-7(12(10)13)6-9(8)14;;;;/h3-4,7-8H,5H2,1-2H3;3*1H3;/t7-,8+;;;;/m0..../s1.